The van der Waals surface area contributed by atoms with Gasteiger partial charge in [-0.15, -0.1) is 0 Å². The van der Waals surface area contributed by atoms with Gasteiger partial charge in [-0.05, 0) is 0 Å². The van der Waals surface area contributed by atoms with Crippen LogP contribution in [0.4, 0.5) is 0 Å². The Kier molecular flexibility index (Phi) is 5.45. The van der Waals surface area contributed by atoms with Crippen LogP contribution in [0.1, 0.15) is 79.0 Å². The molecule has 0 amide bonds. The van der Waals surface area contributed by atoms with Gasteiger partial charge < -0.3 is 0 Å². The van der Waals surface area contributed by atoms with Crippen molar-refractivity contribution in [2.24, 2.45) is 4.13 Å². The van der Waals surface area contributed by atoms with E-state index in [0.717, 1.165) is 0 Å². The van der Waals surface area contributed by atoms with E-state index in [9.17, 15) is 0 Å². The van der Waals surface area contributed by atoms with Crippen LogP contribution in [0.3, 0.4) is 0 Å². The molecule has 122 valence electrons. The molecule has 0 atom stereocenters. The zero-order valence-electron chi connectivity index (χ0n) is 15.4. The zero-order valence-corrected chi connectivity index (χ0v) is 17.1. The van der Waals surface area contributed by atoms with Crippen LogP contribution in [-0.4, -0.2) is 15.2 Å². The van der Waals surface area contributed by atoms with E-state index in [0.29, 0.717) is 0 Å². The number of azide groups is 1. The van der Waals surface area contributed by atoms with Crippen molar-refractivity contribution in [3.63, 3.8) is 0 Å². The maximum absolute atomic E-state index is 8.77. The first kappa shape index (κ1) is 19.1. The minimum absolute atomic E-state index is 0.0311. The van der Waals surface area contributed by atoms with E-state index in [2.05, 4.69) is 83.5 Å². The molecule has 0 fully saturated rings. The summed E-state index contributed by atoms with van der Waals surface area (Å²) in [6.07, 6.45) is 0. The number of rotatable bonds is 2. The summed E-state index contributed by atoms with van der Waals surface area (Å²) in [6, 6.07) is 4.64. The van der Waals surface area contributed by atoms with Gasteiger partial charge in [0, 0.05) is 0 Å². The van der Waals surface area contributed by atoms with Gasteiger partial charge in [-0.1, -0.05) is 0 Å². The number of benzene rings is 1. The molecule has 0 aromatic heterocycles. The van der Waals surface area contributed by atoms with E-state index in [1.807, 2.05) is 0 Å². The second-order valence-electron chi connectivity index (χ2n) is 8.91. The minimum atomic E-state index is -0.212. The molecule has 0 aliphatic carbocycles. The summed E-state index contributed by atoms with van der Waals surface area (Å²) in [4.78, 5) is 3.00. The summed E-state index contributed by atoms with van der Waals surface area (Å²) >= 11 is -0.212. The van der Waals surface area contributed by atoms with Crippen LogP contribution in [0.25, 0.3) is 10.4 Å². The number of hydrogen-bond acceptors (Lipinski definition) is 1. The second-order valence-corrected chi connectivity index (χ2v) is 10.5. The third-order valence-electron chi connectivity index (χ3n) is 3.74. The van der Waals surface area contributed by atoms with Gasteiger partial charge in [-0.2, -0.15) is 0 Å². The van der Waals surface area contributed by atoms with Crippen LogP contribution in [0.5, 0.6) is 0 Å². The molecule has 0 bridgehead atoms. The second kappa shape index (κ2) is 6.28. The van der Waals surface area contributed by atoms with E-state index in [4.69, 9.17) is 5.53 Å². The molecule has 4 heteroatoms. The van der Waals surface area contributed by atoms with Crippen LogP contribution in [-0.2, 0) is 16.2 Å². The van der Waals surface area contributed by atoms with Crippen molar-refractivity contribution >= 4 is 19.6 Å². The third kappa shape index (κ3) is 4.52. The van der Waals surface area contributed by atoms with Gasteiger partial charge >= 0.3 is 142 Å². The average Bonchev–Trinajstić information content (AvgIpc) is 2.31. The first-order chi connectivity index (χ1) is 9.78. The fourth-order valence-corrected chi connectivity index (χ4v) is 4.53. The molecule has 1 aromatic carbocycles. The van der Waals surface area contributed by atoms with Crippen LogP contribution in [0.2, 0.25) is 0 Å². The van der Waals surface area contributed by atoms with Crippen molar-refractivity contribution in [1.82, 2.24) is 0 Å². The van der Waals surface area contributed by atoms with Gasteiger partial charge in [0.15, 0.2) is 0 Å². The summed E-state index contributed by atoms with van der Waals surface area (Å²) in [6.45, 7) is 20.1. The van der Waals surface area contributed by atoms with Crippen molar-refractivity contribution in [2.75, 3.05) is 0 Å². The molecule has 22 heavy (non-hydrogen) atoms. The summed E-state index contributed by atoms with van der Waals surface area (Å²) in [5.74, 6) is 0. The normalized spacial score (nSPS) is 13.0. The molecule has 0 heterocycles. The molecule has 0 saturated carbocycles. The van der Waals surface area contributed by atoms with E-state index < -0.39 is 0 Å². The van der Waals surface area contributed by atoms with Gasteiger partial charge in [0.2, 0.25) is 0 Å². The Bertz CT molecular complexity index is 557. The van der Waals surface area contributed by atoms with Crippen LogP contribution < -0.4 is 4.46 Å². The van der Waals surface area contributed by atoms with Crippen molar-refractivity contribution in [2.45, 2.75) is 78.6 Å². The summed E-state index contributed by atoms with van der Waals surface area (Å²) in [5.41, 5.74) is 12.9. The van der Waals surface area contributed by atoms with Gasteiger partial charge in [-0.25, -0.2) is 0 Å². The average molecular weight is 366 g/mol. The van der Waals surface area contributed by atoms with E-state index in [1.165, 1.54) is 21.2 Å². The first-order valence-corrected chi connectivity index (χ1v) is 9.31. The molecular weight excluding hydrogens is 337 g/mol. The molecule has 0 radical (unpaired) electrons. The topological polar surface area (TPSA) is 48.8 Å². The number of hydrogen-bond donors (Lipinski definition) is 0. The van der Waals surface area contributed by atoms with Crippen LogP contribution in [0, 0.1) is 0 Å². The quantitative estimate of drug-likeness (QED) is 0.301. The van der Waals surface area contributed by atoms with Crippen molar-refractivity contribution in [3.05, 3.63) is 39.3 Å². The Balaban J connectivity index is 3.81. The Labute approximate surface area is 141 Å². The molecule has 3 nitrogen and oxygen atoms in total. The first-order valence-electron chi connectivity index (χ1n) is 7.69. The van der Waals surface area contributed by atoms with Crippen LogP contribution >= 0.6 is 0 Å². The van der Waals surface area contributed by atoms with E-state index >= 15 is 0 Å². The molecule has 0 aliphatic heterocycles. The zero-order chi connectivity index (χ0) is 17.3. The van der Waals surface area contributed by atoms with Gasteiger partial charge in [-0.3, -0.25) is 0 Å². The SMILES string of the molecule is CC(C)(C)c1cc(C(C)(C)C)c([Se]N=[N+]=[N-])c(C(C)(C)C)c1. The molecule has 0 saturated heterocycles. The Hall–Kier alpha value is -0.951. The molecule has 0 N–H and O–H groups in total. The molecule has 0 aliphatic rings. The van der Waals surface area contributed by atoms with E-state index in [-0.39, 0.29) is 31.4 Å². The molecule has 0 spiro atoms. The van der Waals surface area contributed by atoms with Gasteiger partial charge in [0.25, 0.3) is 0 Å². The van der Waals surface area contributed by atoms with Crippen molar-refractivity contribution < 1.29 is 0 Å². The Morgan fingerprint density at radius 3 is 1.50 bits per heavy atom. The maximum atomic E-state index is 8.77. The summed E-state index contributed by atoms with van der Waals surface area (Å²) in [5, 5.41) is 0. The van der Waals surface area contributed by atoms with Crippen LogP contribution in [0.15, 0.2) is 16.3 Å². The molecule has 0 unspecified atom stereocenters. The molecule has 1 aromatic rings. The standard InChI is InChI=1S/C18H29N3Se/c1-16(2,3)12-10-13(17(4,5)6)15(22-21-20-19)14(11-12)18(7,8)9/h10-11H,1-9H3. The fraction of sp³-hybridized carbons (Fsp3) is 0.667. The van der Waals surface area contributed by atoms with Crippen molar-refractivity contribution in [1.29, 1.82) is 0 Å². The molecule has 1 rings (SSSR count). The van der Waals surface area contributed by atoms with Gasteiger partial charge in [0.05, 0.1) is 0 Å². The van der Waals surface area contributed by atoms with Crippen molar-refractivity contribution in [3.8, 4) is 0 Å². The Morgan fingerprint density at radius 2 is 1.23 bits per heavy atom. The Morgan fingerprint density at radius 1 is 0.818 bits per heavy atom. The fourth-order valence-electron chi connectivity index (χ4n) is 2.33. The summed E-state index contributed by atoms with van der Waals surface area (Å²) < 4.78 is 5.17. The predicted molar refractivity (Wildman–Crippen MR) is 97.1 cm³/mol. The van der Waals surface area contributed by atoms with E-state index in [1.54, 1.807) is 0 Å². The van der Waals surface area contributed by atoms with Gasteiger partial charge in [0.1, 0.15) is 0 Å². The predicted octanol–water partition coefficient (Wildman–Crippen LogP) is 5.13. The monoisotopic (exact) mass is 367 g/mol. The third-order valence-corrected chi connectivity index (χ3v) is 5.37. The molecular formula is C18H29N3Se. The summed E-state index contributed by atoms with van der Waals surface area (Å²) in [7, 11) is 0. The number of nitrogens with zero attached hydrogens (tertiary/aromatic N) is 3.